The molecule has 0 bridgehead atoms. The molecule has 0 radical (unpaired) electrons. The Labute approximate surface area is 138 Å². The Hall–Kier alpha value is -2.40. The number of likely N-dealkylation sites (tertiary alicyclic amines) is 1. The molecular weight excluding hydrogens is 308 g/mol. The Morgan fingerprint density at radius 1 is 1.30 bits per heavy atom. The molecule has 1 aromatic carbocycles. The van der Waals surface area contributed by atoms with Crippen LogP contribution < -0.4 is 0 Å². The fraction of sp³-hybridized carbons (Fsp3) is 0.222. The van der Waals surface area contributed by atoms with Crippen molar-refractivity contribution in [3.8, 4) is 0 Å². The number of hydrogen-bond donors (Lipinski definition) is 0. The Morgan fingerprint density at radius 2 is 2.22 bits per heavy atom. The average molecular weight is 324 g/mol. The third kappa shape index (κ3) is 2.80. The maximum atomic E-state index is 12.5. The van der Waals surface area contributed by atoms with Gasteiger partial charge in [0.15, 0.2) is 5.58 Å². The zero-order valence-corrected chi connectivity index (χ0v) is 13.3. The van der Waals surface area contributed by atoms with Crippen LogP contribution in [0.15, 0.2) is 52.3 Å². The molecule has 1 unspecified atom stereocenters. The molecule has 5 heteroatoms. The SMILES string of the molecule is O=C(C=Cc1nc2ccccc2o1)N1CCCC1c1cccs1. The second kappa shape index (κ2) is 6.01. The highest BCUT2D eigenvalue weighted by Gasteiger charge is 2.29. The summed E-state index contributed by atoms with van der Waals surface area (Å²) < 4.78 is 5.61. The number of thiophene rings is 1. The summed E-state index contributed by atoms with van der Waals surface area (Å²) in [6.07, 6.45) is 5.30. The highest BCUT2D eigenvalue weighted by atomic mass is 32.1. The monoisotopic (exact) mass is 324 g/mol. The maximum Gasteiger partial charge on any atom is 0.247 e. The Balaban J connectivity index is 1.52. The van der Waals surface area contributed by atoms with E-state index in [1.165, 1.54) is 4.88 Å². The van der Waals surface area contributed by atoms with Gasteiger partial charge in [0, 0.05) is 23.6 Å². The molecule has 1 fully saturated rings. The first-order valence-electron chi connectivity index (χ1n) is 7.69. The lowest BCUT2D eigenvalue weighted by Gasteiger charge is -2.22. The van der Waals surface area contributed by atoms with E-state index in [1.807, 2.05) is 35.2 Å². The van der Waals surface area contributed by atoms with Crippen LogP contribution in [0.1, 0.15) is 29.7 Å². The minimum absolute atomic E-state index is 0.0168. The molecule has 116 valence electrons. The van der Waals surface area contributed by atoms with Crippen LogP contribution in [0.5, 0.6) is 0 Å². The van der Waals surface area contributed by atoms with E-state index in [0.717, 1.165) is 30.5 Å². The van der Waals surface area contributed by atoms with Crippen molar-refractivity contribution in [3.05, 3.63) is 58.6 Å². The highest BCUT2D eigenvalue weighted by molar-refractivity contribution is 7.10. The largest absolute Gasteiger partial charge is 0.437 e. The van der Waals surface area contributed by atoms with E-state index in [1.54, 1.807) is 23.5 Å². The number of rotatable bonds is 3. The Morgan fingerprint density at radius 3 is 3.04 bits per heavy atom. The predicted molar refractivity (Wildman–Crippen MR) is 91.1 cm³/mol. The van der Waals surface area contributed by atoms with Gasteiger partial charge in [0.2, 0.25) is 11.8 Å². The van der Waals surface area contributed by atoms with Gasteiger partial charge < -0.3 is 9.32 Å². The second-order valence-corrected chi connectivity index (χ2v) is 6.54. The highest BCUT2D eigenvalue weighted by Crippen LogP contribution is 2.34. The van der Waals surface area contributed by atoms with E-state index in [2.05, 4.69) is 16.4 Å². The van der Waals surface area contributed by atoms with Crippen molar-refractivity contribution in [2.75, 3.05) is 6.54 Å². The first-order valence-corrected chi connectivity index (χ1v) is 8.57. The number of carbonyl (C=O) groups excluding carboxylic acids is 1. The van der Waals surface area contributed by atoms with Crippen LogP contribution >= 0.6 is 11.3 Å². The molecule has 0 N–H and O–H groups in total. The lowest BCUT2D eigenvalue weighted by Crippen LogP contribution is -2.28. The van der Waals surface area contributed by atoms with E-state index < -0.39 is 0 Å². The van der Waals surface area contributed by atoms with Crippen molar-refractivity contribution in [1.29, 1.82) is 0 Å². The van der Waals surface area contributed by atoms with Crippen molar-refractivity contribution in [2.24, 2.45) is 0 Å². The number of aromatic nitrogens is 1. The Kier molecular flexibility index (Phi) is 3.71. The fourth-order valence-corrected chi connectivity index (χ4v) is 3.88. The smallest absolute Gasteiger partial charge is 0.247 e. The number of fused-ring (bicyclic) bond motifs is 1. The number of benzene rings is 1. The van der Waals surface area contributed by atoms with Crippen LogP contribution in [0.25, 0.3) is 17.2 Å². The molecule has 0 spiro atoms. The number of hydrogen-bond acceptors (Lipinski definition) is 4. The molecular formula is C18H16N2O2S. The van der Waals surface area contributed by atoms with Crippen molar-refractivity contribution in [1.82, 2.24) is 9.88 Å². The summed E-state index contributed by atoms with van der Waals surface area (Å²) >= 11 is 1.71. The van der Waals surface area contributed by atoms with Gasteiger partial charge in [-0.2, -0.15) is 0 Å². The molecule has 1 atom stereocenters. The topological polar surface area (TPSA) is 46.3 Å². The van der Waals surface area contributed by atoms with Crippen LogP contribution in [-0.2, 0) is 4.79 Å². The minimum Gasteiger partial charge on any atom is -0.437 e. The van der Waals surface area contributed by atoms with Crippen molar-refractivity contribution in [3.63, 3.8) is 0 Å². The standard InChI is InChI=1S/C18H16N2O2S/c21-18(20-11-3-6-14(20)16-8-4-12-23-16)10-9-17-19-13-5-1-2-7-15(13)22-17/h1-2,4-5,7-10,12,14H,3,6,11H2. The summed E-state index contributed by atoms with van der Waals surface area (Å²) in [5.41, 5.74) is 1.54. The molecule has 4 nitrogen and oxygen atoms in total. The summed E-state index contributed by atoms with van der Waals surface area (Å²) in [5.74, 6) is 0.481. The number of nitrogens with zero attached hydrogens (tertiary/aromatic N) is 2. The zero-order chi connectivity index (χ0) is 15.6. The number of oxazole rings is 1. The van der Waals surface area contributed by atoms with Crippen LogP contribution in [-0.4, -0.2) is 22.3 Å². The lowest BCUT2D eigenvalue weighted by atomic mass is 10.2. The van der Waals surface area contributed by atoms with Crippen LogP contribution in [0, 0.1) is 0 Å². The average Bonchev–Trinajstić information content (AvgIpc) is 3.31. The molecule has 3 heterocycles. The zero-order valence-electron chi connectivity index (χ0n) is 12.5. The quantitative estimate of drug-likeness (QED) is 0.676. The molecule has 0 aliphatic carbocycles. The third-order valence-corrected chi connectivity index (χ3v) is 5.06. The van der Waals surface area contributed by atoms with Crippen LogP contribution in [0.4, 0.5) is 0 Å². The van der Waals surface area contributed by atoms with Crippen LogP contribution in [0.3, 0.4) is 0 Å². The van der Waals surface area contributed by atoms with Gasteiger partial charge in [-0.1, -0.05) is 18.2 Å². The van der Waals surface area contributed by atoms with Crippen molar-refractivity contribution >= 4 is 34.4 Å². The van der Waals surface area contributed by atoms with E-state index in [-0.39, 0.29) is 11.9 Å². The van der Waals surface area contributed by atoms with Gasteiger partial charge in [-0.15, -0.1) is 11.3 Å². The number of amides is 1. The van der Waals surface area contributed by atoms with Gasteiger partial charge in [-0.05, 0) is 36.4 Å². The summed E-state index contributed by atoms with van der Waals surface area (Å²) in [6, 6.07) is 11.9. The maximum absolute atomic E-state index is 12.5. The van der Waals surface area contributed by atoms with Gasteiger partial charge in [-0.3, -0.25) is 4.79 Å². The molecule has 1 saturated heterocycles. The Bertz CT molecular complexity index is 818. The second-order valence-electron chi connectivity index (χ2n) is 5.56. The molecule has 0 saturated carbocycles. The molecule has 1 aliphatic heterocycles. The predicted octanol–water partition coefficient (Wildman–Crippen LogP) is 4.27. The molecule has 4 rings (SSSR count). The van der Waals surface area contributed by atoms with Gasteiger partial charge in [0.1, 0.15) is 5.52 Å². The fourth-order valence-electron chi connectivity index (χ4n) is 3.01. The third-order valence-electron chi connectivity index (χ3n) is 4.09. The number of carbonyl (C=O) groups is 1. The molecule has 1 amide bonds. The van der Waals surface area contributed by atoms with Crippen molar-refractivity contribution < 1.29 is 9.21 Å². The van der Waals surface area contributed by atoms with E-state index >= 15 is 0 Å². The minimum atomic E-state index is 0.0168. The van der Waals surface area contributed by atoms with E-state index in [0.29, 0.717) is 5.89 Å². The first kappa shape index (κ1) is 14.2. The normalized spacial score (nSPS) is 18.3. The van der Waals surface area contributed by atoms with E-state index in [9.17, 15) is 4.79 Å². The lowest BCUT2D eigenvalue weighted by molar-refractivity contribution is -0.126. The summed E-state index contributed by atoms with van der Waals surface area (Å²) in [6.45, 7) is 0.805. The molecule has 1 aliphatic rings. The van der Waals surface area contributed by atoms with Crippen LogP contribution in [0.2, 0.25) is 0 Å². The summed E-state index contributed by atoms with van der Waals surface area (Å²) in [4.78, 5) is 20.1. The van der Waals surface area contributed by atoms with Gasteiger partial charge >= 0.3 is 0 Å². The summed E-state index contributed by atoms with van der Waals surface area (Å²) in [7, 11) is 0. The molecule has 3 aromatic rings. The van der Waals surface area contributed by atoms with Gasteiger partial charge in [0.05, 0.1) is 6.04 Å². The summed E-state index contributed by atoms with van der Waals surface area (Å²) in [5, 5.41) is 2.06. The molecule has 2 aromatic heterocycles. The number of para-hydroxylation sites is 2. The van der Waals surface area contributed by atoms with Crippen molar-refractivity contribution in [2.45, 2.75) is 18.9 Å². The van der Waals surface area contributed by atoms with E-state index in [4.69, 9.17) is 4.42 Å². The molecule has 23 heavy (non-hydrogen) atoms. The first-order chi connectivity index (χ1) is 11.3. The van der Waals surface area contributed by atoms with Gasteiger partial charge in [0.25, 0.3) is 0 Å². The van der Waals surface area contributed by atoms with Gasteiger partial charge in [-0.25, -0.2) is 4.98 Å².